The number of aromatic hydroxyl groups is 1. The molecule has 2 rings (SSSR count). The Kier molecular flexibility index (Phi) is 3.44. The van der Waals surface area contributed by atoms with E-state index in [-0.39, 0.29) is 17.1 Å². The molecule has 0 aliphatic rings. The van der Waals surface area contributed by atoms with E-state index in [1.165, 1.54) is 18.4 Å². The molecule has 1 aromatic carbocycles. The van der Waals surface area contributed by atoms with Gasteiger partial charge >= 0.3 is 0 Å². The van der Waals surface area contributed by atoms with E-state index in [0.29, 0.717) is 5.76 Å². The number of phenolic OH excluding ortho intramolecular Hbond substituents is 1. The fraction of sp³-hybridized carbons (Fsp3) is 0. The summed E-state index contributed by atoms with van der Waals surface area (Å²) in [6, 6.07) is 8.19. The lowest BCUT2D eigenvalue weighted by atomic mass is 10.1. The summed E-state index contributed by atoms with van der Waals surface area (Å²) in [7, 11) is 0. The third kappa shape index (κ3) is 2.85. The highest BCUT2D eigenvalue weighted by Crippen LogP contribution is 2.22. The Morgan fingerprint density at radius 2 is 2.18 bits per heavy atom. The van der Waals surface area contributed by atoms with Gasteiger partial charge in [-0.2, -0.15) is 0 Å². The first-order chi connectivity index (χ1) is 8.16. The van der Waals surface area contributed by atoms with E-state index >= 15 is 0 Å². The van der Waals surface area contributed by atoms with Crippen LogP contribution >= 0.6 is 15.9 Å². The maximum absolute atomic E-state index is 11.8. The van der Waals surface area contributed by atoms with Crippen molar-refractivity contribution >= 4 is 27.8 Å². The number of hydrogen-bond acceptors (Lipinski definition) is 3. The molecule has 2 aromatic rings. The Hall–Kier alpha value is -1.81. The highest BCUT2D eigenvalue weighted by Gasteiger charge is 2.08. The number of furan rings is 1. The molecule has 0 saturated carbocycles. The number of halogens is 1. The van der Waals surface area contributed by atoms with Crippen molar-refractivity contribution in [1.29, 1.82) is 0 Å². The molecule has 17 heavy (non-hydrogen) atoms. The van der Waals surface area contributed by atoms with Crippen LogP contribution in [0, 0.1) is 0 Å². The Labute approximate surface area is 107 Å². The van der Waals surface area contributed by atoms with Gasteiger partial charge in [-0.25, -0.2) is 0 Å². The first kappa shape index (κ1) is 11.7. The number of rotatable bonds is 3. The van der Waals surface area contributed by atoms with Crippen molar-refractivity contribution in [2.75, 3.05) is 0 Å². The van der Waals surface area contributed by atoms with Gasteiger partial charge in [-0.15, -0.1) is 0 Å². The predicted octanol–water partition coefficient (Wildman–Crippen LogP) is 3.64. The topological polar surface area (TPSA) is 50.4 Å². The SMILES string of the molecule is O=C(/C=C/c1ccco1)c1cc(Br)ccc1O. The molecule has 1 N–H and O–H groups in total. The first-order valence-corrected chi connectivity index (χ1v) is 5.70. The summed E-state index contributed by atoms with van der Waals surface area (Å²) >= 11 is 3.25. The van der Waals surface area contributed by atoms with Crippen molar-refractivity contribution < 1.29 is 14.3 Å². The maximum atomic E-state index is 11.8. The normalized spacial score (nSPS) is 10.9. The van der Waals surface area contributed by atoms with Crippen LogP contribution in [-0.4, -0.2) is 10.9 Å². The van der Waals surface area contributed by atoms with Crippen LogP contribution in [0.5, 0.6) is 5.75 Å². The molecule has 0 bridgehead atoms. The molecule has 1 heterocycles. The molecular formula is C13H9BrO3. The zero-order chi connectivity index (χ0) is 12.3. The Morgan fingerprint density at radius 3 is 2.88 bits per heavy atom. The van der Waals surface area contributed by atoms with E-state index < -0.39 is 0 Å². The largest absolute Gasteiger partial charge is 0.507 e. The van der Waals surface area contributed by atoms with Gasteiger partial charge in [0.1, 0.15) is 11.5 Å². The van der Waals surface area contributed by atoms with Crippen molar-refractivity contribution in [1.82, 2.24) is 0 Å². The molecule has 86 valence electrons. The molecule has 3 nitrogen and oxygen atoms in total. The lowest BCUT2D eigenvalue weighted by molar-refractivity contribution is 0.104. The molecule has 0 amide bonds. The molecule has 0 aliphatic heterocycles. The van der Waals surface area contributed by atoms with Crippen LogP contribution in [0.3, 0.4) is 0 Å². The van der Waals surface area contributed by atoms with Gasteiger partial charge in [-0.3, -0.25) is 4.79 Å². The van der Waals surface area contributed by atoms with Gasteiger partial charge in [0.05, 0.1) is 11.8 Å². The molecule has 0 aliphatic carbocycles. The number of phenols is 1. The molecule has 1 aromatic heterocycles. The Balaban J connectivity index is 2.23. The van der Waals surface area contributed by atoms with Crippen LogP contribution < -0.4 is 0 Å². The zero-order valence-electron chi connectivity index (χ0n) is 8.76. The lowest BCUT2D eigenvalue weighted by Gasteiger charge is -2.00. The van der Waals surface area contributed by atoms with Gasteiger partial charge in [0.25, 0.3) is 0 Å². The summed E-state index contributed by atoms with van der Waals surface area (Å²) in [4.78, 5) is 11.8. The number of allylic oxidation sites excluding steroid dienone is 1. The number of benzene rings is 1. The summed E-state index contributed by atoms with van der Waals surface area (Å²) in [5, 5.41) is 9.56. The smallest absolute Gasteiger partial charge is 0.189 e. The average molecular weight is 293 g/mol. The minimum Gasteiger partial charge on any atom is -0.507 e. The van der Waals surface area contributed by atoms with Gasteiger partial charge in [0, 0.05) is 4.47 Å². The van der Waals surface area contributed by atoms with Crippen molar-refractivity contribution in [2.24, 2.45) is 0 Å². The van der Waals surface area contributed by atoms with Crippen LogP contribution in [0.25, 0.3) is 6.08 Å². The molecule has 0 atom stereocenters. The number of carbonyl (C=O) groups excluding carboxylic acids is 1. The third-order valence-electron chi connectivity index (χ3n) is 2.17. The zero-order valence-corrected chi connectivity index (χ0v) is 10.3. The summed E-state index contributed by atoms with van der Waals surface area (Å²) < 4.78 is 5.80. The summed E-state index contributed by atoms with van der Waals surface area (Å²) in [5.74, 6) is 0.273. The number of carbonyl (C=O) groups is 1. The minimum atomic E-state index is -0.278. The van der Waals surface area contributed by atoms with E-state index in [1.807, 2.05) is 0 Å². The fourth-order valence-electron chi connectivity index (χ4n) is 1.34. The van der Waals surface area contributed by atoms with E-state index in [4.69, 9.17) is 4.42 Å². The quantitative estimate of drug-likeness (QED) is 0.694. The van der Waals surface area contributed by atoms with Gasteiger partial charge in [-0.05, 0) is 42.5 Å². The first-order valence-electron chi connectivity index (χ1n) is 4.91. The van der Waals surface area contributed by atoms with Crippen LogP contribution in [0.4, 0.5) is 0 Å². The van der Waals surface area contributed by atoms with Gasteiger partial charge < -0.3 is 9.52 Å². The van der Waals surface area contributed by atoms with Crippen LogP contribution in [-0.2, 0) is 0 Å². The van der Waals surface area contributed by atoms with Crippen molar-refractivity contribution in [3.05, 3.63) is 58.5 Å². The minimum absolute atomic E-state index is 0.0395. The molecular weight excluding hydrogens is 284 g/mol. The second-order valence-electron chi connectivity index (χ2n) is 3.37. The third-order valence-corrected chi connectivity index (χ3v) is 2.66. The number of hydrogen-bond donors (Lipinski definition) is 1. The highest BCUT2D eigenvalue weighted by molar-refractivity contribution is 9.10. The molecule has 0 unspecified atom stereocenters. The van der Waals surface area contributed by atoms with Crippen LogP contribution in [0.1, 0.15) is 16.1 Å². The molecule has 0 radical (unpaired) electrons. The van der Waals surface area contributed by atoms with Crippen molar-refractivity contribution in [3.8, 4) is 5.75 Å². The van der Waals surface area contributed by atoms with E-state index in [2.05, 4.69) is 15.9 Å². The second kappa shape index (κ2) is 5.01. The summed E-state index contributed by atoms with van der Waals surface area (Å²) in [5.41, 5.74) is 0.252. The monoisotopic (exact) mass is 292 g/mol. The van der Waals surface area contributed by atoms with Crippen molar-refractivity contribution in [3.63, 3.8) is 0 Å². The van der Waals surface area contributed by atoms with E-state index in [0.717, 1.165) is 4.47 Å². The van der Waals surface area contributed by atoms with Gasteiger partial charge in [-0.1, -0.05) is 15.9 Å². The molecule has 4 heteroatoms. The summed E-state index contributed by atoms with van der Waals surface area (Å²) in [6.45, 7) is 0. The van der Waals surface area contributed by atoms with Crippen molar-refractivity contribution in [2.45, 2.75) is 0 Å². The van der Waals surface area contributed by atoms with E-state index in [9.17, 15) is 9.90 Å². The van der Waals surface area contributed by atoms with Crippen LogP contribution in [0.15, 0.2) is 51.6 Å². The Bertz CT molecular complexity index is 556. The average Bonchev–Trinajstić information content (AvgIpc) is 2.82. The fourth-order valence-corrected chi connectivity index (χ4v) is 1.70. The van der Waals surface area contributed by atoms with Gasteiger partial charge in [0.2, 0.25) is 0 Å². The maximum Gasteiger partial charge on any atom is 0.189 e. The van der Waals surface area contributed by atoms with Crippen LogP contribution in [0.2, 0.25) is 0 Å². The lowest BCUT2D eigenvalue weighted by Crippen LogP contribution is -1.94. The molecule has 0 spiro atoms. The second-order valence-corrected chi connectivity index (χ2v) is 4.29. The standard InChI is InChI=1S/C13H9BrO3/c14-9-3-5-12(15)11(8-9)13(16)6-4-10-2-1-7-17-10/h1-8,15H/b6-4+. The Morgan fingerprint density at radius 1 is 1.35 bits per heavy atom. The highest BCUT2D eigenvalue weighted by atomic mass is 79.9. The van der Waals surface area contributed by atoms with Gasteiger partial charge in [0.15, 0.2) is 5.78 Å². The molecule has 0 fully saturated rings. The predicted molar refractivity (Wildman–Crippen MR) is 67.9 cm³/mol. The van der Waals surface area contributed by atoms with E-state index in [1.54, 1.807) is 30.3 Å². The number of ketones is 1. The molecule has 0 saturated heterocycles. The summed E-state index contributed by atoms with van der Waals surface area (Å²) in [6.07, 6.45) is 4.45.